The lowest BCUT2D eigenvalue weighted by molar-refractivity contribution is 0.259. The average molecular weight is 222 g/mol. The zero-order valence-corrected chi connectivity index (χ0v) is 10.3. The Bertz CT molecular complexity index is 337. The Morgan fingerprint density at radius 2 is 2.06 bits per heavy atom. The minimum absolute atomic E-state index is 0.0992. The maximum atomic E-state index is 9.27. The van der Waals surface area contributed by atoms with Gasteiger partial charge in [0.1, 0.15) is 0 Å². The zero-order valence-electron chi connectivity index (χ0n) is 10.3. The van der Waals surface area contributed by atoms with Crippen LogP contribution in [0.15, 0.2) is 18.2 Å². The predicted octanol–water partition coefficient (Wildman–Crippen LogP) is 2.40. The Morgan fingerprint density at radius 1 is 1.38 bits per heavy atom. The third-order valence-corrected chi connectivity index (χ3v) is 2.63. The summed E-state index contributed by atoms with van der Waals surface area (Å²) in [5.74, 6) is 0.562. The summed E-state index contributed by atoms with van der Waals surface area (Å²) in [7, 11) is 0. The van der Waals surface area contributed by atoms with E-state index < -0.39 is 0 Å². The minimum Gasteiger partial charge on any atom is -0.398 e. The lowest BCUT2D eigenvalue weighted by Gasteiger charge is -2.20. The molecule has 0 spiro atoms. The molecule has 4 N–H and O–H groups in total. The fourth-order valence-corrected chi connectivity index (χ4v) is 1.71. The van der Waals surface area contributed by atoms with Crippen LogP contribution in [0.2, 0.25) is 0 Å². The number of aryl methyl sites for hydroxylation is 1. The van der Waals surface area contributed by atoms with Gasteiger partial charge in [0, 0.05) is 17.4 Å². The highest BCUT2D eigenvalue weighted by atomic mass is 16.3. The lowest BCUT2D eigenvalue weighted by atomic mass is 10.0. The van der Waals surface area contributed by atoms with Gasteiger partial charge in [-0.3, -0.25) is 0 Å². The van der Waals surface area contributed by atoms with Crippen molar-refractivity contribution in [1.29, 1.82) is 0 Å². The molecule has 1 unspecified atom stereocenters. The van der Waals surface area contributed by atoms with E-state index in [0.717, 1.165) is 23.4 Å². The maximum Gasteiger partial charge on any atom is 0.0632 e. The molecule has 0 bridgehead atoms. The molecule has 0 aliphatic carbocycles. The Balaban J connectivity index is 2.66. The van der Waals surface area contributed by atoms with Crippen LogP contribution in [0.4, 0.5) is 11.4 Å². The van der Waals surface area contributed by atoms with Gasteiger partial charge in [0.25, 0.3) is 0 Å². The molecule has 0 aromatic heterocycles. The first-order valence-electron chi connectivity index (χ1n) is 5.76. The number of nitrogens with one attached hydrogen (secondary N) is 1. The molecule has 0 saturated carbocycles. The second-order valence-electron chi connectivity index (χ2n) is 4.72. The maximum absolute atomic E-state index is 9.27. The Hall–Kier alpha value is -1.22. The molecule has 1 rings (SSSR count). The molecule has 90 valence electrons. The third kappa shape index (κ3) is 3.74. The van der Waals surface area contributed by atoms with Gasteiger partial charge < -0.3 is 16.2 Å². The molecule has 0 heterocycles. The van der Waals surface area contributed by atoms with Crippen molar-refractivity contribution in [2.75, 3.05) is 17.7 Å². The molecule has 0 saturated heterocycles. The number of aliphatic hydroxyl groups excluding tert-OH is 1. The van der Waals surface area contributed by atoms with Crippen LogP contribution in [0.1, 0.15) is 25.8 Å². The quantitative estimate of drug-likeness (QED) is 0.670. The number of benzene rings is 1. The molecular weight excluding hydrogens is 200 g/mol. The van der Waals surface area contributed by atoms with Crippen LogP contribution in [0.3, 0.4) is 0 Å². The number of aliphatic hydroxyl groups is 1. The highest BCUT2D eigenvalue weighted by Gasteiger charge is 2.09. The molecule has 0 aliphatic rings. The van der Waals surface area contributed by atoms with E-state index in [-0.39, 0.29) is 12.6 Å². The molecule has 3 heteroatoms. The van der Waals surface area contributed by atoms with Crippen molar-refractivity contribution in [3.8, 4) is 0 Å². The second-order valence-corrected chi connectivity index (χ2v) is 4.72. The largest absolute Gasteiger partial charge is 0.398 e. The molecule has 1 aromatic carbocycles. The molecule has 16 heavy (non-hydrogen) atoms. The molecule has 0 aliphatic heterocycles. The van der Waals surface area contributed by atoms with Gasteiger partial charge in [-0.15, -0.1) is 0 Å². The van der Waals surface area contributed by atoms with E-state index in [0.29, 0.717) is 5.92 Å². The number of anilines is 2. The van der Waals surface area contributed by atoms with Crippen molar-refractivity contribution < 1.29 is 5.11 Å². The van der Waals surface area contributed by atoms with Crippen molar-refractivity contribution in [1.82, 2.24) is 0 Å². The first-order chi connectivity index (χ1) is 7.52. The van der Waals surface area contributed by atoms with Crippen LogP contribution in [0, 0.1) is 12.8 Å². The summed E-state index contributed by atoms with van der Waals surface area (Å²) in [6.45, 7) is 6.42. The molecule has 3 nitrogen and oxygen atoms in total. The van der Waals surface area contributed by atoms with Gasteiger partial charge in [0.05, 0.1) is 6.61 Å². The van der Waals surface area contributed by atoms with Gasteiger partial charge in [-0.1, -0.05) is 19.9 Å². The van der Waals surface area contributed by atoms with Crippen molar-refractivity contribution in [3.63, 3.8) is 0 Å². The van der Waals surface area contributed by atoms with Crippen LogP contribution >= 0.6 is 0 Å². The summed E-state index contributed by atoms with van der Waals surface area (Å²) < 4.78 is 0. The predicted molar refractivity (Wildman–Crippen MR) is 69.5 cm³/mol. The standard InChI is InChI=1S/C13H22N2O/c1-9(2)6-12(8-16)15-11-5-4-10(3)13(14)7-11/h4-5,7,9,12,15-16H,6,8,14H2,1-3H3. The molecular formula is C13H22N2O. The van der Waals surface area contributed by atoms with E-state index >= 15 is 0 Å². The molecule has 0 radical (unpaired) electrons. The van der Waals surface area contributed by atoms with E-state index in [4.69, 9.17) is 5.73 Å². The van der Waals surface area contributed by atoms with Crippen molar-refractivity contribution in [3.05, 3.63) is 23.8 Å². The van der Waals surface area contributed by atoms with Gasteiger partial charge in [-0.05, 0) is 37.0 Å². The number of hydrogen-bond acceptors (Lipinski definition) is 3. The van der Waals surface area contributed by atoms with E-state index in [1.807, 2.05) is 25.1 Å². The van der Waals surface area contributed by atoms with E-state index in [9.17, 15) is 5.11 Å². The molecule has 0 fully saturated rings. The Kier molecular flexibility index (Phi) is 4.62. The van der Waals surface area contributed by atoms with Crippen LogP contribution in [-0.4, -0.2) is 17.8 Å². The van der Waals surface area contributed by atoms with Crippen LogP contribution < -0.4 is 11.1 Å². The van der Waals surface area contributed by atoms with Gasteiger partial charge in [-0.2, -0.15) is 0 Å². The summed E-state index contributed by atoms with van der Waals surface area (Å²) in [5.41, 5.74) is 8.67. The van der Waals surface area contributed by atoms with Gasteiger partial charge in [0.2, 0.25) is 0 Å². The van der Waals surface area contributed by atoms with Crippen molar-refractivity contribution >= 4 is 11.4 Å². The highest BCUT2D eigenvalue weighted by Crippen LogP contribution is 2.19. The number of hydrogen-bond donors (Lipinski definition) is 3. The first kappa shape index (κ1) is 12.8. The summed E-state index contributed by atoms with van der Waals surface area (Å²) in [4.78, 5) is 0. The fraction of sp³-hybridized carbons (Fsp3) is 0.538. The number of nitrogens with two attached hydrogens (primary N) is 1. The summed E-state index contributed by atoms with van der Waals surface area (Å²) in [5, 5.41) is 12.6. The lowest BCUT2D eigenvalue weighted by Crippen LogP contribution is -2.25. The summed E-state index contributed by atoms with van der Waals surface area (Å²) in [6.07, 6.45) is 0.949. The third-order valence-electron chi connectivity index (χ3n) is 2.63. The molecule has 1 aromatic rings. The number of nitrogen functional groups attached to an aromatic ring is 1. The second kappa shape index (κ2) is 5.75. The summed E-state index contributed by atoms with van der Waals surface area (Å²) >= 11 is 0. The van der Waals surface area contributed by atoms with Gasteiger partial charge in [-0.25, -0.2) is 0 Å². The van der Waals surface area contributed by atoms with Crippen molar-refractivity contribution in [2.45, 2.75) is 33.2 Å². The smallest absolute Gasteiger partial charge is 0.0632 e. The first-order valence-corrected chi connectivity index (χ1v) is 5.76. The fourth-order valence-electron chi connectivity index (χ4n) is 1.71. The van der Waals surface area contributed by atoms with E-state index in [1.165, 1.54) is 0 Å². The van der Waals surface area contributed by atoms with Gasteiger partial charge >= 0.3 is 0 Å². The van der Waals surface area contributed by atoms with Crippen molar-refractivity contribution in [2.24, 2.45) is 5.92 Å². The minimum atomic E-state index is 0.0992. The van der Waals surface area contributed by atoms with Crippen LogP contribution in [0.25, 0.3) is 0 Å². The van der Waals surface area contributed by atoms with E-state index in [2.05, 4.69) is 19.2 Å². The van der Waals surface area contributed by atoms with Crippen LogP contribution in [0.5, 0.6) is 0 Å². The van der Waals surface area contributed by atoms with E-state index in [1.54, 1.807) is 0 Å². The average Bonchev–Trinajstić information content (AvgIpc) is 2.22. The Morgan fingerprint density at radius 3 is 2.56 bits per heavy atom. The Labute approximate surface area is 97.7 Å². The monoisotopic (exact) mass is 222 g/mol. The number of rotatable bonds is 5. The van der Waals surface area contributed by atoms with Crippen LogP contribution in [-0.2, 0) is 0 Å². The zero-order chi connectivity index (χ0) is 12.1. The molecule has 1 atom stereocenters. The van der Waals surface area contributed by atoms with Gasteiger partial charge in [0.15, 0.2) is 0 Å². The normalized spacial score (nSPS) is 12.8. The summed E-state index contributed by atoms with van der Waals surface area (Å²) in [6, 6.07) is 6.00. The highest BCUT2D eigenvalue weighted by molar-refractivity contribution is 5.58. The SMILES string of the molecule is Cc1ccc(NC(CO)CC(C)C)cc1N. The topological polar surface area (TPSA) is 58.3 Å². The molecule has 0 amide bonds.